The molecular formula is C32H45N7O7. The average Bonchev–Trinajstić information content (AvgIpc) is 3.75. The van der Waals surface area contributed by atoms with E-state index in [-0.39, 0.29) is 42.7 Å². The molecule has 8 N–H and O–H groups in total. The summed E-state index contributed by atoms with van der Waals surface area (Å²) in [5, 5.41) is 28.8. The maximum absolute atomic E-state index is 13.3. The number of aliphatic hydroxyl groups is 1. The van der Waals surface area contributed by atoms with Crippen LogP contribution in [0.4, 0.5) is 4.79 Å². The van der Waals surface area contributed by atoms with Crippen molar-refractivity contribution < 1.29 is 34.1 Å². The fourth-order valence-electron chi connectivity index (χ4n) is 7.92. The first-order valence-electron chi connectivity index (χ1n) is 16.2. The highest BCUT2D eigenvalue weighted by Gasteiger charge is 2.72. The number of benzene rings is 1. The molecule has 5 atom stereocenters. The number of likely N-dealkylation sites (tertiary alicyclic amines) is 1. The first-order valence-corrected chi connectivity index (χ1v) is 16.2. The summed E-state index contributed by atoms with van der Waals surface area (Å²) in [5.74, 6) is 0.590. The van der Waals surface area contributed by atoms with Gasteiger partial charge in [0, 0.05) is 58.2 Å². The molecule has 3 aliphatic carbocycles. The third kappa shape index (κ3) is 5.61. The fourth-order valence-corrected chi connectivity index (χ4v) is 7.92. The van der Waals surface area contributed by atoms with E-state index in [1.807, 2.05) is 6.07 Å². The highest BCUT2D eigenvalue weighted by Crippen LogP contribution is 2.65. The minimum absolute atomic E-state index is 0.0103. The molecule has 46 heavy (non-hydrogen) atoms. The van der Waals surface area contributed by atoms with Crippen LogP contribution in [0.15, 0.2) is 29.0 Å². The number of piperidine rings is 1. The van der Waals surface area contributed by atoms with E-state index in [0.717, 1.165) is 24.2 Å². The number of ether oxygens (including phenoxy) is 2. The van der Waals surface area contributed by atoms with E-state index in [1.165, 1.54) is 24.7 Å². The minimum atomic E-state index is -1.14. The van der Waals surface area contributed by atoms with Gasteiger partial charge >= 0.3 is 6.09 Å². The number of amides is 3. The lowest BCUT2D eigenvalue weighted by Crippen LogP contribution is -2.75. The van der Waals surface area contributed by atoms with Gasteiger partial charge < -0.3 is 46.7 Å². The third-order valence-electron chi connectivity index (χ3n) is 10.3. The maximum atomic E-state index is 13.3. The largest absolute Gasteiger partial charge is 0.504 e. The molecule has 6 rings (SSSR count). The second-order valence-corrected chi connectivity index (χ2v) is 13.3. The molecule has 1 aromatic rings. The molecule has 2 aliphatic heterocycles. The van der Waals surface area contributed by atoms with Crippen molar-refractivity contribution in [1.82, 2.24) is 20.4 Å². The van der Waals surface area contributed by atoms with E-state index in [2.05, 4.69) is 20.5 Å². The quantitative estimate of drug-likeness (QED) is 0.104. The highest BCUT2D eigenvalue weighted by molar-refractivity contribution is 5.86. The highest BCUT2D eigenvalue weighted by atomic mass is 16.6. The van der Waals surface area contributed by atoms with Crippen molar-refractivity contribution in [3.63, 3.8) is 0 Å². The van der Waals surface area contributed by atoms with Gasteiger partial charge in [-0.1, -0.05) is 6.07 Å². The molecule has 2 heterocycles. The Morgan fingerprint density at radius 2 is 2.07 bits per heavy atom. The molecule has 1 aromatic carbocycles. The number of nitrogens with zero attached hydrogens (tertiary/aromatic N) is 3. The number of hydrogen-bond donors (Lipinski definition) is 6. The van der Waals surface area contributed by atoms with Crippen LogP contribution in [0, 0.1) is 5.92 Å². The van der Waals surface area contributed by atoms with Crippen molar-refractivity contribution in [2.75, 3.05) is 39.8 Å². The minimum Gasteiger partial charge on any atom is -0.504 e. The van der Waals surface area contributed by atoms with Crippen LogP contribution >= 0.6 is 0 Å². The third-order valence-corrected chi connectivity index (χ3v) is 10.3. The number of nitrogens with two attached hydrogens (primary N) is 2. The lowest BCUT2D eigenvalue weighted by molar-refractivity contribution is -0.169. The van der Waals surface area contributed by atoms with E-state index in [4.69, 9.17) is 20.9 Å². The molecule has 2 bridgehead atoms. The van der Waals surface area contributed by atoms with Crippen molar-refractivity contribution in [3.05, 3.63) is 35.1 Å². The lowest BCUT2D eigenvalue weighted by atomic mass is 9.50. The summed E-state index contributed by atoms with van der Waals surface area (Å²) in [6.07, 6.45) is 5.19. The molecule has 1 spiro atoms. The number of hydrogen-bond acceptors (Lipinski definition) is 9. The summed E-state index contributed by atoms with van der Waals surface area (Å²) in [4.78, 5) is 45.4. The zero-order valence-corrected chi connectivity index (χ0v) is 26.5. The van der Waals surface area contributed by atoms with Crippen LogP contribution in [0.25, 0.3) is 0 Å². The van der Waals surface area contributed by atoms with Crippen molar-refractivity contribution in [1.29, 1.82) is 0 Å². The molecule has 1 saturated heterocycles. The van der Waals surface area contributed by atoms with Gasteiger partial charge in [0.15, 0.2) is 23.6 Å². The molecule has 0 radical (unpaired) electrons. The van der Waals surface area contributed by atoms with Gasteiger partial charge in [0.05, 0.1) is 11.0 Å². The van der Waals surface area contributed by atoms with E-state index >= 15 is 0 Å². The zero-order chi connectivity index (χ0) is 32.8. The van der Waals surface area contributed by atoms with E-state index in [0.29, 0.717) is 56.1 Å². The molecule has 2 fully saturated rings. The number of carbonyl (C=O) groups is 3. The lowest BCUT2D eigenvalue weighted by Gasteiger charge is -2.62. The van der Waals surface area contributed by atoms with Crippen molar-refractivity contribution in [3.8, 4) is 11.5 Å². The fraction of sp³-hybridized carbons (Fsp3) is 0.625. The number of likely N-dealkylation sites (N-methyl/N-ethyl adjacent to an activating group) is 1. The van der Waals surface area contributed by atoms with Crippen LogP contribution in [-0.2, 0) is 26.2 Å². The predicted octanol–water partition coefficient (Wildman–Crippen LogP) is 0.193. The zero-order valence-electron chi connectivity index (χ0n) is 26.5. The Kier molecular flexibility index (Phi) is 8.53. The number of phenols is 1. The molecule has 14 nitrogen and oxygen atoms in total. The van der Waals surface area contributed by atoms with Crippen LogP contribution in [-0.4, -0.2) is 107 Å². The average molecular weight is 640 g/mol. The Morgan fingerprint density at radius 1 is 1.28 bits per heavy atom. The van der Waals surface area contributed by atoms with Gasteiger partial charge in [-0.25, -0.2) is 4.79 Å². The van der Waals surface area contributed by atoms with Crippen LogP contribution < -0.4 is 26.8 Å². The summed E-state index contributed by atoms with van der Waals surface area (Å²) in [5.41, 5.74) is 10.6. The Balaban J connectivity index is 1.12. The first kappa shape index (κ1) is 31.9. The second-order valence-electron chi connectivity index (χ2n) is 13.3. The van der Waals surface area contributed by atoms with Crippen LogP contribution in [0.2, 0.25) is 0 Å². The van der Waals surface area contributed by atoms with Gasteiger partial charge in [0.1, 0.15) is 11.8 Å². The van der Waals surface area contributed by atoms with E-state index in [9.17, 15) is 24.6 Å². The summed E-state index contributed by atoms with van der Waals surface area (Å²) < 4.78 is 12.4. The van der Waals surface area contributed by atoms with Crippen molar-refractivity contribution in [2.24, 2.45) is 22.4 Å². The van der Waals surface area contributed by atoms with Crippen LogP contribution in [0.3, 0.4) is 0 Å². The monoisotopic (exact) mass is 639 g/mol. The molecule has 5 aliphatic rings. The number of aromatic hydroxyl groups is 1. The van der Waals surface area contributed by atoms with E-state index in [1.54, 1.807) is 19.2 Å². The normalized spacial score (nSPS) is 27.8. The maximum Gasteiger partial charge on any atom is 0.414 e. The number of aliphatic imine (C=N–C) groups is 1. The molecule has 1 saturated carbocycles. The summed E-state index contributed by atoms with van der Waals surface area (Å²) in [6.45, 7) is 3.67. The second kappa shape index (κ2) is 12.3. The Bertz CT molecular complexity index is 1460. The molecule has 250 valence electrons. The number of rotatable bonds is 12. The molecular weight excluding hydrogens is 594 g/mol. The molecule has 3 amide bonds. The smallest absolute Gasteiger partial charge is 0.414 e. The standard InChI is InChI=1S/C32H45N7O7/c1-18(40)37-21(4-3-12-36-29(33)34)28(42)35-13-15-38(2)30(43)45-23-9-10-32(44)24-16-20-7-8-22(41)26-25(20)31(32,27(23)46-26)11-14-39(24)17-19-5-6-19/h7-9,19,21,24,27,41,44H,3-6,10-17H2,1-2H3,(H,35,42)(H,37,40)(H4,33,34,36)/t21-,24-,27+,31+,32-/m1/s1. The van der Waals surface area contributed by atoms with Gasteiger partial charge in [0.25, 0.3) is 0 Å². The number of carbonyl (C=O) groups excluding carboxylic acids is 3. The van der Waals surface area contributed by atoms with Crippen molar-refractivity contribution in [2.45, 2.75) is 81.1 Å². The summed E-state index contributed by atoms with van der Waals surface area (Å²) in [6, 6.07) is 2.70. The predicted molar refractivity (Wildman–Crippen MR) is 168 cm³/mol. The van der Waals surface area contributed by atoms with Crippen molar-refractivity contribution >= 4 is 23.9 Å². The van der Waals surface area contributed by atoms with Gasteiger partial charge in [-0.15, -0.1) is 0 Å². The van der Waals surface area contributed by atoms with Crippen LogP contribution in [0.1, 0.15) is 56.6 Å². The SMILES string of the molecule is CC(=O)N[C@H](CCCN=C(N)N)C(=O)NCCN(C)C(=O)OC1=CC[C@@]2(O)[C@H]3Cc4ccc(O)c5c4[C@@]2(CCN3CC2CC2)[C@H]1O5. The summed E-state index contributed by atoms with van der Waals surface area (Å²) in [7, 11) is 1.56. The molecule has 14 heteroatoms. The van der Waals surface area contributed by atoms with Gasteiger partial charge in [-0.05, 0) is 68.7 Å². The van der Waals surface area contributed by atoms with Gasteiger partial charge in [0.2, 0.25) is 11.8 Å². The Labute approximate surface area is 268 Å². The van der Waals surface area contributed by atoms with Gasteiger partial charge in [-0.3, -0.25) is 19.5 Å². The topological polar surface area (TPSA) is 205 Å². The first-order chi connectivity index (χ1) is 21.9. The van der Waals surface area contributed by atoms with Crippen LogP contribution in [0.5, 0.6) is 11.5 Å². The number of phenolic OH excluding ortho intramolecular Hbond substituents is 1. The van der Waals surface area contributed by atoms with Gasteiger partial charge in [-0.2, -0.15) is 0 Å². The number of nitrogens with one attached hydrogen (secondary N) is 2. The van der Waals surface area contributed by atoms with E-state index < -0.39 is 29.3 Å². The molecule has 0 unspecified atom stereocenters. The Morgan fingerprint density at radius 3 is 2.78 bits per heavy atom. The summed E-state index contributed by atoms with van der Waals surface area (Å²) >= 11 is 0. The molecule has 0 aromatic heterocycles. The Hall–Kier alpha value is -4.04. The number of guanidine groups is 1.